The summed E-state index contributed by atoms with van der Waals surface area (Å²) in [7, 11) is 2.22. The lowest BCUT2D eigenvalue weighted by Crippen LogP contribution is -2.35. The molecule has 1 aliphatic heterocycles. The van der Waals surface area contributed by atoms with Gasteiger partial charge >= 0.3 is 0 Å². The Hall–Kier alpha value is -0.120. The Labute approximate surface area is 101 Å². The van der Waals surface area contributed by atoms with Crippen molar-refractivity contribution in [2.75, 3.05) is 46.4 Å². The lowest BCUT2D eigenvalue weighted by molar-refractivity contribution is 0.0422. The molecule has 0 aromatic rings. The third kappa shape index (κ3) is 6.46. The monoisotopic (exact) mass is 228 g/mol. The minimum absolute atomic E-state index is 0.759. The number of hydrogen-bond donors (Lipinski definition) is 1. The summed E-state index contributed by atoms with van der Waals surface area (Å²) in [5.41, 5.74) is 0. The predicted molar refractivity (Wildman–Crippen MR) is 68.8 cm³/mol. The first-order valence-electron chi connectivity index (χ1n) is 6.80. The molecule has 0 spiro atoms. The first-order chi connectivity index (χ1) is 7.83. The van der Waals surface area contributed by atoms with E-state index in [1.807, 2.05) is 0 Å². The van der Waals surface area contributed by atoms with Crippen LogP contribution >= 0.6 is 0 Å². The summed E-state index contributed by atoms with van der Waals surface area (Å²) < 4.78 is 5.50. The molecule has 1 rings (SSSR count). The molecule has 1 heterocycles. The fraction of sp³-hybridized carbons (Fsp3) is 1.00. The molecule has 0 radical (unpaired) electrons. The Morgan fingerprint density at radius 3 is 2.94 bits per heavy atom. The van der Waals surface area contributed by atoms with Crippen molar-refractivity contribution < 1.29 is 4.74 Å². The van der Waals surface area contributed by atoms with E-state index < -0.39 is 0 Å². The number of nitrogens with one attached hydrogen (secondary N) is 1. The summed E-state index contributed by atoms with van der Waals surface area (Å²) in [6.07, 6.45) is 5.16. The zero-order chi connectivity index (χ0) is 11.6. The van der Waals surface area contributed by atoms with Gasteiger partial charge in [0.1, 0.15) is 0 Å². The number of rotatable bonds is 8. The van der Waals surface area contributed by atoms with Crippen molar-refractivity contribution in [1.29, 1.82) is 0 Å². The standard InChI is InChI=1S/C13H28N2O/c1-3-4-7-14-8-9-15(2)11-13-6-5-10-16-12-13/h13-14H,3-12H2,1-2H3. The fourth-order valence-electron chi connectivity index (χ4n) is 2.18. The molecule has 3 nitrogen and oxygen atoms in total. The second kappa shape index (κ2) is 8.97. The van der Waals surface area contributed by atoms with Crippen LogP contribution < -0.4 is 5.32 Å². The van der Waals surface area contributed by atoms with E-state index in [-0.39, 0.29) is 0 Å². The van der Waals surface area contributed by atoms with Gasteiger partial charge in [-0.05, 0) is 38.8 Å². The first kappa shape index (κ1) is 13.9. The largest absolute Gasteiger partial charge is 0.381 e. The van der Waals surface area contributed by atoms with Gasteiger partial charge < -0.3 is 15.0 Å². The molecule has 0 aromatic heterocycles. The number of ether oxygens (including phenoxy) is 1. The van der Waals surface area contributed by atoms with Gasteiger partial charge in [-0.3, -0.25) is 0 Å². The molecule has 1 fully saturated rings. The number of hydrogen-bond acceptors (Lipinski definition) is 3. The van der Waals surface area contributed by atoms with Crippen LogP contribution in [0.15, 0.2) is 0 Å². The van der Waals surface area contributed by atoms with E-state index in [2.05, 4.69) is 24.2 Å². The molecule has 1 saturated heterocycles. The van der Waals surface area contributed by atoms with E-state index in [9.17, 15) is 0 Å². The summed E-state index contributed by atoms with van der Waals surface area (Å²) in [6.45, 7) is 8.79. The van der Waals surface area contributed by atoms with Crippen molar-refractivity contribution in [3.63, 3.8) is 0 Å². The zero-order valence-corrected chi connectivity index (χ0v) is 11.0. The lowest BCUT2D eigenvalue weighted by Gasteiger charge is -2.27. The maximum Gasteiger partial charge on any atom is 0.0506 e. The van der Waals surface area contributed by atoms with Gasteiger partial charge in [-0.1, -0.05) is 13.3 Å². The summed E-state index contributed by atoms with van der Waals surface area (Å²) >= 11 is 0. The average molecular weight is 228 g/mol. The van der Waals surface area contributed by atoms with Crippen molar-refractivity contribution in [2.45, 2.75) is 32.6 Å². The van der Waals surface area contributed by atoms with Crippen LogP contribution in [0.3, 0.4) is 0 Å². The Bertz CT molecular complexity index is 158. The van der Waals surface area contributed by atoms with Crippen LogP contribution in [0.4, 0.5) is 0 Å². The van der Waals surface area contributed by atoms with E-state index in [4.69, 9.17) is 4.74 Å². The third-order valence-electron chi connectivity index (χ3n) is 3.20. The van der Waals surface area contributed by atoms with Crippen molar-refractivity contribution in [1.82, 2.24) is 10.2 Å². The summed E-state index contributed by atoms with van der Waals surface area (Å²) in [5, 5.41) is 3.48. The molecule has 96 valence electrons. The van der Waals surface area contributed by atoms with E-state index in [1.54, 1.807) is 0 Å². The molecule has 0 saturated carbocycles. The van der Waals surface area contributed by atoms with E-state index >= 15 is 0 Å². The Morgan fingerprint density at radius 1 is 1.38 bits per heavy atom. The van der Waals surface area contributed by atoms with Gasteiger partial charge in [0.25, 0.3) is 0 Å². The highest BCUT2D eigenvalue weighted by Crippen LogP contribution is 2.13. The Morgan fingerprint density at radius 2 is 2.25 bits per heavy atom. The average Bonchev–Trinajstić information content (AvgIpc) is 2.30. The SMILES string of the molecule is CCCCNCCN(C)CC1CCCOC1. The van der Waals surface area contributed by atoms with Crippen LogP contribution in [0.5, 0.6) is 0 Å². The van der Waals surface area contributed by atoms with Gasteiger partial charge in [-0.25, -0.2) is 0 Å². The highest BCUT2D eigenvalue weighted by Gasteiger charge is 2.15. The smallest absolute Gasteiger partial charge is 0.0506 e. The van der Waals surface area contributed by atoms with Crippen molar-refractivity contribution in [3.8, 4) is 0 Å². The molecule has 0 aromatic carbocycles. The second-order valence-electron chi connectivity index (χ2n) is 4.95. The van der Waals surface area contributed by atoms with Crippen molar-refractivity contribution in [3.05, 3.63) is 0 Å². The molecule has 0 bridgehead atoms. The molecule has 1 aliphatic rings. The molecular weight excluding hydrogens is 200 g/mol. The number of unbranched alkanes of at least 4 members (excludes halogenated alkanes) is 1. The van der Waals surface area contributed by atoms with Gasteiger partial charge in [-0.15, -0.1) is 0 Å². The highest BCUT2D eigenvalue weighted by atomic mass is 16.5. The fourth-order valence-corrected chi connectivity index (χ4v) is 2.18. The molecule has 0 amide bonds. The second-order valence-corrected chi connectivity index (χ2v) is 4.95. The number of likely N-dealkylation sites (N-methyl/N-ethyl adjacent to an activating group) is 1. The van der Waals surface area contributed by atoms with Crippen LogP contribution in [0.1, 0.15) is 32.6 Å². The summed E-state index contributed by atoms with van der Waals surface area (Å²) in [6, 6.07) is 0. The third-order valence-corrected chi connectivity index (χ3v) is 3.20. The topological polar surface area (TPSA) is 24.5 Å². The Kier molecular flexibility index (Phi) is 7.81. The highest BCUT2D eigenvalue weighted by molar-refractivity contribution is 4.67. The molecular formula is C13H28N2O. The molecule has 1 N–H and O–H groups in total. The Balaban J connectivity index is 1.95. The van der Waals surface area contributed by atoms with Crippen LogP contribution in [0.25, 0.3) is 0 Å². The van der Waals surface area contributed by atoms with Crippen molar-refractivity contribution >= 4 is 0 Å². The molecule has 0 aliphatic carbocycles. The molecule has 1 atom stereocenters. The van der Waals surface area contributed by atoms with E-state index in [0.717, 1.165) is 38.8 Å². The van der Waals surface area contributed by atoms with E-state index in [0.29, 0.717) is 0 Å². The van der Waals surface area contributed by atoms with Crippen LogP contribution in [0.2, 0.25) is 0 Å². The quantitative estimate of drug-likeness (QED) is 0.640. The lowest BCUT2D eigenvalue weighted by atomic mass is 10.0. The van der Waals surface area contributed by atoms with Gasteiger partial charge in [0.15, 0.2) is 0 Å². The minimum Gasteiger partial charge on any atom is -0.381 e. The van der Waals surface area contributed by atoms with Gasteiger partial charge in [-0.2, -0.15) is 0 Å². The molecule has 1 unspecified atom stereocenters. The first-order valence-corrected chi connectivity index (χ1v) is 6.80. The minimum atomic E-state index is 0.759. The van der Waals surface area contributed by atoms with Crippen molar-refractivity contribution in [2.24, 2.45) is 5.92 Å². The maximum atomic E-state index is 5.50. The van der Waals surface area contributed by atoms with Crippen LogP contribution in [0, 0.1) is 5.92 Å². The van der Waals surface area contributed by atoms with Crippen LogP contribution in [-0.4, -0.2) is 51.3 Å². The summed E-state index contributed by atoms with van der Waals surface area (Å²) in [4.78, 5) is 2.43. The molecule has 3 heteroatoms. The molecule has 16 heavy (non-hydrogen) atoms. The van der Waals surface area contributed by atoms with Gasteiger partial charge in [0.2, 0.25) is 0 Å². The van der Waals surface area contributed by atoms with Gasteiger partial charge in [0, 0.05) is 26.2 Å². The normalized spacial score (nSPS) is 21.6. The van der Waals surface area contributed by atoms with E-state index in [1.165, 1.54) is 32.2 Å². The zero-order valence-electron chi connectivity index (χ0n) is 11.0. The summed E-state index contributed by atoms with van der Waals surface area (Å²) in [5.74, 6) is 0.759. The number of nitrogens with zero attached hydrogens (tertiary/aromatic N) is 1. The van der Waals surface area contributed by atoms with Crippen LogP contribution in [-0.2, 0) is 4.74 Å². The predicted octanol–water partition coefficient (Wildman–Crippen LogP) is 1.73. The maximum absolute atomic E-state index is 5.50. The van der Waals surface area contributed by atoms with Gasteiger partial charge in [0.05, 0.1) is 6.61 Å².